The van der Waals surface area contributed by atoms with E-state index in [1.54, 1.807) is 0 Å². The van der Waals surface area contributed by atoms with Crippen molar-refractivity contribution in [2.24, 2.45) is 5.92 Å². The molecule has 0 aromatic heterocycles. The summed E-state index contributed by atoms with van der Waals surface area (Å²) in [6.07, 6.45) is 9.27. The molecule has 2 unspecified atom stereocenters. The number of nitrogens with one attached hydrogen (secondary N) is 1. The molecular formula is C14H24N2O2. The van der Waals surface area contributed by atoms with Crippen molar-refractivity contribution < 1.29 is 9.53 Å². The summed E-state index contributed by atoms with van der Waals surface area (Å²) in [5, 5.41) is 3.41. The monoisotopic (exact) mass is 252 g/mol. The standard InChI is InChI=1S/C14H24N2O2/c17-13-9-15-14(11-5-1-2-6-11)16(13)10-12-7-3-4-8-18-12/h11-12,14-15H,1-10H2. The lowest BCUT2D eigenvalue weighted by Crippen LogP contribution is -2.46. The van der Waals surface area contributed by atoms with Crippen LogP contribution in [0.3, 0.4) is 0 Å². The number of rotatable bonds is 3. The molecule has 1 amide bonds. The Kier molecular flexibility index (Phi) is 3.85. The molecule has 4 heteroatoms. The maximum absolute atomic E-state index is 12.0. The number of carbonyl (C=O) groups excluding carboxylic acids is 1. The average Bonchev–Trinajstić information content (AvgIpc) is 3.02. The molecule has 0 aromatic rings. The molecule has 2 atom stereocenters. The third kappa shape index (κ3) is 2.54. The molecule has 1 aliphatic carbocycles. The SMILES string of the molecule is O=C1CNC(C2CCCC2)N1CC1CCCCO1. The summed E-state index contributed by atoms with van der Waals surface area (Å²) in [7, 11) is 0. The van der Waals surface area contributed by atoms with E-state index in [-0.39, 0.29) is 18.2 Å². The minimum absolute atomic E-state index is 0.265. The molecule has 1 N–H and O–H groups in total. The zero-order valence-electron chi connectivity index (χ0n) is 11.1. The van der Waals surface area contributed by atoms with E-state index < -0.39 is 0 Å². The predicted octanol–water partition coefficient (Wildman–Crippen LogP) is 1.50. The van der Waals surface area contributed by atoms with Gasteiger partial charge in [-0.05, 0) is 38.0 Å². The second-order valence-electron chi connectivity index (χ2n) is 5.90. The van der Waals surface area contributed by atoms with Crippen LogP contribution >= 0.6 is 0 Å². The van der Waals surface area contributed by atoms with E-state index in [0.29, 0.717) is 12.5 Å². The van der Waals surface area contributed by atoms with Gasteiger partial charge < -0.3 is 9.64 Å². The molecule has 0 bridgehead atoms. The normalized spacial score (nSPS) is 34.4. The van der Waals surface area contributed by atoms with Gasteiger partial charge >= 0.3 is 0 Å². The maximum atomic E-state index is 12.0. The first-order chi connectivity index (χ1) is 8.84. The molecule has 2 aliphatic heterocycles. The van der Waals surface area contributed by atoms with Gasteiger partial charge in [-0.3, -0.25) is 10.1 Å². The third-order valence-electron chi connectivity index (χ3n) is 4.64. The molecular weight excluding hydrogens is 228 g/mol. The Hall–Kier alpha value is -0.610. The van der Waals surface area contributed by atoms with Gasteiger partial charge in [-0.1, -0.05) is 12.8 Å². The van der Waals surface area contributed by atoms with Crippen LogP contribution in [0.4, 0.5) is 0 Å². The number of hydrogen-bond donors (Lipinski definition) is 1. The van der Waals surface area contributed by atoms with Crippen LogP contribution in [0.15, 0.2) is 0 Å². The van der Waals surface area contributed by atoms with Crippen molar-refractivity contribution in [1.29, 1.82) is 0 Å². The number of amides is 1. The fourth-order valence-corrected chi connectivity index (χ4v) is 3.64. The first kappa shape index (κ1) is 12.4. The smallest absolute Gasteiger partial charge is 0.237 e. The van der Waals surface area contributed by atoms with Crippen LogP contribution in [-0.4, -0.2) is 42.8 Å². The van der Waals surface area contributed by atoms with Gasteiger partial charge in [0.05, 0.1) is 18.8 Å². The largest absolute Gasteiger partial charge is 0.376 e. The first-order valence-electron chi connectivity index (χ1n) is 7.49. The minimum Gasteiger partial charge on any atom is -0.376 e. The summed E-state index contributed by atoms with van der Waals surface area (Å²) in [6.45, 7) is 2.19. The topological polar surface area (TPSA) is 41.6 Å². The van der Waals surface area contributed by atoms with Crippen LogP contribution in [0.5, 0.6) is 0 Å². The first-order valence-corrected chi connectivity index (χ1v) is 7.49. The molecule has 3 aliphatic rings. The Balaban J connectivity index is 1.61. The summed E-state index contributed by atoms with van der Waals surface area (Å²) in [5.41, 5.74) is 0. The second kappa shape index (κ2) is 5.57. The van der Waals surface area contributed by atoms with Crippen LogP contribution in [0.1, 0.15) is 44.9 Å². The number of nitrogens with zero attached hydrogens (tertiary/aromatic N) is 1. The molecule has 3 fully saturated rings. The highest BCUT2D eigenvalue weighted by atomic mass is 16.5. The zero-order chi connectivity index (χ0) is 12.4. The van der Waals surface area contributed by atoms with Crippen molar-refractivity contribution in [1.82, 2.24) is 10.2 Å². The minimum atomic E-state index is 0.265. The molecule has 4 nitrogen and oxygen atoms in total. The van der Waals surface area contributed by atoms with E-state index in [4.69, 9.17) is 4.74 Å². The van der Waals surface area contributed by atoms with Crippen molar-refractivity contribution in [3.63, 3.8) is 0 Å². The van der Waals surface area contributed by atoms with Gasteiger partial charge in [0, 0.05) is 13.2 Å². The zero-order valence-corrected chi connectivity index (χ0v) is 11.1. The Morgan fingerprint density at radius 3 is 2.67 bits per heavy atom. The third-order valence-corrected chi connectivity index (χ3v) is 4.64. The Bertz CT molecular complexity index is 296. The fourth-order valence-electron chi connectivity index (χ4n) is 3.64. The lowest BCUT2D eigenvalue weighted by Gasteiger charge is -2.33. The van der Waals surface area contributed by atoms with Gasteiger partial charge in [0.2, 0.25) is 5.91 Å². The number of hydrogen-bond acceptors (Lipinski definition) is 3. The maximum Gasteiger partial charge on any atom is 0.237 e. The van der Waals surface area contributed by atoms with Gasteiger partial charge in [0.25, 0.3) is 0 Å². The van der Waals surface area contributed by atoms with Crippen molar-refractivity contribution in [2.45, 2.75) is 57.2 Å². The summed E-state index contributed by atoms with van der Waals surface area (Å²) in [5.74, 6) is 0.932. The summed E-state index contributed by atoms with van der Waals surface area (Å²) < 4.78 is 5.78. The average molecular weight is 252 g/mol. The van der Waals surface area contributed by atoms with Gasteiger partial charge in [-0.15, -0.1) is 0 Å². The van der Waals surface area contributed by atoms with E-state index in [0.717, 1.165) is 19.6 Å². The number of ether oxygens (including phenoxy) is 1. The van der Waals surface area contributed by atoms with Crippen LogP contribution in [0.2, 0.25) is 0 Å². The van der Waals surface area contributed by atoms with Crippen molar-refractivity contribution in [3.8, 4) is 0 Å². The lowest BCUT2D eigenvalue weighted by molar-refractivity contribution is -0.131. The van der Waals surface area contributed by atoms with Crippen LogP contribution in [-0.2, 0) is 9.53 Å². The van der Waals surface area contributed by atoms with Gasteiger partial charge in [-0.25, -0.2) is 0 Å². The Morgan fingerprint density at radius 1 is 1.17 bits per heavy atom. The van der Waals surface area contributed by atoms with Crippen LogP contribution < -0.4 is 5.32 Å². The Labute approximate surface area is 109 Å². The quantitative estimate of drug-likeness (QED) is 0.827. The van der Waals surface area contributed by atoms with Crippen LogP contribution in [0.25, 0.3) is 0 Å². The highest BCUT2D eigenvalue weighted by Gasteiger charge is 2.38. The lowest BCUT2D eigenvalue weighted by atomic mass is 10.0. The Morgan fingerprint density at radius 2 is 1.94 bits per heavy atom. The molecule has 2 heterocycles. The van der Waals surface area contributed by atoms with E-state index in [1.165, 1.54) is 38.5 Å². The van der Waals surface area contributed by atoms with E-state index >= 15 is 0 Å². The van der Waals surface area contributed by atoms with Crippen molar-refractivity contribution in [2.75, 3.05) is 19.7 Å². The van der Waals surface area contributed by atoms with Gasteiger partial charge in [-0.2, -0.15) is 0 Å². The summed E-state index contributed by atoms with van der Waals surface area (Å²) in [6, 6.07) is 0. The fraction of sp³-hybridized carbons (Fsp3) is 0.929. The molecule has 0 spiro atoms. The molecule has 18 heavy (non-hydrogen) atoms. The van der Waals surface area contributed by atoms with E-state index in [9.17, 15) is 4.79 Å². The predicted molar refractivity (Wildman–Crippen MR) is 69.1 cm³/mol. The highest BCUT2D eigenvalue weighted by Crippen LogP contribution is 2.31. The van der Waals surface area contributed by atoms with Gasteiger partial charge in [0.15, 0.2) is 0 Å². The molecule has 0 radical (unpaired) electrons. The van der Waals surface area contributed by atoms with Crippen molar-refractivity contribution >= 4 is 5.91 Å². The second-order valence-corrected chi connectivity index (χ2v) is 5.90. The molecule has 1 saturated carbocycles. The summed E-state index contributed by atoms with van der Waals surface area (Å²) in [4.78, 5) is 14.1. The molecule has 102 valence electrons. The molecule has 0 aromatic carbocycles. The van der Waals surface area contributed by atoms with Crippen molar-refractivity contribution in [3.05, 3.63) is 0 Å². The van der Waals surface area contributed by atoms with E-state index in [2.05, 4.69) is 10.2 Å². The van der Waals surface area contributed by atoms with Crippen LogP contribution in [0, 0.1) is 5.92 Å². The van der Waals surface area contributed by atoms with E-state index in [1.807, 2.05) is 0 Å². The van der Waals surface area contributed by atoms with Gasteiger partial charge in [0.1, 0.15) is 0 Å². The molecule has 2 saturated heterocycles. The highest BCUT2D eigenvalue weighted by molar-refractivity contribution is 5.80. The summed E-state index contributed by atoms with van der Waals surface area (Å²) >= 11 is 0. The number of carbonyl (C=O) groups is 1. The molecule has 3 rings (SSSR count).